The van der Waals surface area contributed by atoms with E-state index in [2.05, 4.69) is 31.2 Å². The highest BCUT2D eigenvalue weighted by atomic mass is 16.3. The van der Waals surface area contributed by atoms with E-state index in [0.717, 1.165) is 18.4 Å². The van der Waals surface area contributed by atoms with Gasteiger partial charge in [0.2, 0.25) is 5.91 Å². The van der Waals surface area contributed by atoms with Gasteiger partial charge in [-0.2, -0.15) is 5.10 Å². The zero-order valence-corrected chi connectivity index (χ0v) is 17.1. The van der Waals surface area contributed by atoms with Gasteiger partial charge in [-0.1, -0.05) is 39.3 Å². The fourth-order valence-corrected chi connectivity index (χ4v) is 4.34. The third kappa shape index (κ3) is 4.55. The van der Waals surface area contributed by atoms with E-state index in [1.807, 2.05) is 12.1 Å². The number of nitrogens with two attached hydrogens (primary N) is 1. The van der Waals surface area contributed by atoms with Gasteiger partial charge >= 0.3 is 0 Å². The Morgan fingerprint density at radius 2 is 2.14 bits per heavy atom. The Kier molecular flexibility index (Phi) is 6.39. The molecular formula is C22H32N4O2. The van der Waals surface area contributed by atoms with Gasteiger partial charge in [-0.3, -0.25) is 4.79 Å². The minimum Gasteiger partial charge on any atom is -0.508 e. The third-order valence-electron chi connectivity index (χ3n) is 5.87. The number of hydrogen-bond donors (Lipinski definition) is 3. The molecule has 1 aliphatic carbocycles. The average Bonchev–Trinajstić information content (AvgIpc) is 3.04. The lowest BCUT2D eigenvalue weighted by Gasteiger charge is -2.36. The molecule has 4 N–H and O–H groups in total. The van der Waals surface area contributed by atoms with E-state index < -0.39 is 0 Å². The molecule has 2 aromatic rings. The van der Waals surface area contributed by atoms with E-state index in [9.17, 15) is 9.90 Å². The number of hydrogen-bond acceptors (Lipinski definition) is 4. The number of aromatic hydroxyl groups is 1. The van der Waals surface area contributed by atoms with Gasteiger partial charge in [0.05, 0.1) is 12.2 Å². The van der Waals surface area contributed by atoms with Crippen molar-refractivity contribution in [2.75, 3.05) is 11.9 Å². The number of carbonyl (C=O) groups is 1. The standard InChI is InChI=1S/C22H32N4O2/c1-14(2)18-8-7-15(3)11-19(18)22(28)24-21-13-20(25-26(21)10-9-23)16-5-4-6-17(27)12-16/h4-6,12-15,18-19,27H,7-11,23H2,1-3H3,(H,24,28). The van der Waals surface area contributed by atoms with Crippen molar-refractivity contribution in [1.29, 1.82) is 0 Å². The number of nitrogens with one attached hydrogen (secondary N) is 1. The maximum atomic E-state index is 13.2. The van der Waals surface area contributed by atoms with Crippen molar-refractivity contribution in [3.05, 3.63) is 30.3 Å². The highest BCUT2D eigenvalue weighted by Crippen LogP contribution is 2.38. The Balaban J connectivity index is 1.84. The zero-order chi connectivity index (χ0) is 20.3. The number of anilines is 1. The first-order chi connectivity index (χ1) is 13.4. The molecule has 0 saturated heterocycles. The van der Waals surface area contributed by atoms with Gasteiger partial charge in [0.25, 0.3) is 0 Å². The number of nitrogens with zero attached hydrogens (tertiary/aromatic N) is 2. The molecule has 152 valence electrons. The van der Waals surface area contributed by atoms with Crippen LogP contribution in [0.3, 0.4) is 0 Å². The molecule has 1 fully saturated rings. The van der Waals surface area contributed by atoms with Crippen LogP contribution in [0.25, 0.3) is 11.3 Å². The van der Waals surface area contributed by atoms with Crippen LogP contribution in [-0.2, 0) is 11.3 Å². The van der Waals surface area contributed by atoms with Crippen molar-refractivity contribution in [3.8, 4) is 17.0 Å². The molecule has 1 aromatic heterocycles. The second-order valence-corrected chi connectivity index (χ2v) is 8.40. The highest BCUT2D eigenvalue weighted by Gasteiger charge is 2.35. The van der Waals surface area contributed by atoms with Crippen molar-refractivity contribution in [2.24, 2.45) is 29.4 Å². The molecule has 3 unspecified atom stereocenters. The Bertz CT molecular complexity index is 815. The summed E-state index contributed by atoms with van der Waals surface area (Å²) in [7, 11) is 0. The summed E-state index contributed by atoms with van der Waals surface area (Å²) in [5.74, 6) is 2.41. The molecule has 6 nitrogen and oxygen atoms in total. The molecule has 3 rings (SSSR count). The van der Waals surface area contributed by atoms with E-state index in [0.29, 0.717) is 42.4 Å². The Hall–Kier alpha value is -2.34. The van der Waals surface area contributed by atoms with Crippen LogP contribution in [-0.4, -0.2) is 27.3 Å². The van der Waals surface area contributed by atoms with Gasteiger partial charge < -0.3 is 16.2 Å². The van der Waals surface area contributed by atoms with Crippen LogP contribution in [0.1, 0.15) is 40.0 Å². The van der Waals surface area contributed by atoms with Crippen LogP contribution in [0.5, 0.6) is 5.75 Å². The van der Waals surface area contributed by atoms with E-state index in [1.165, 1.54) is 6.42 Å². The lowest BCUT2D eigenvalue weighted by atomic mass is 9.70. The van der Waals surface area contributed by atoms with Crippen molar-refractivity contribution >= 4 is 11.7 Å². The van der Waals surface area contributed by atoms with Crippen molar-refractivity contribution in [1.82, 2.24) is 9.78 Å². The minimum absolute atomic E-state index is 0.0224. The number of phenols is 1. The second-order valence-electron chi connectivity index (χ2n) is 8.40. The van der Waals surface area contributed by atoms with E-state index in [4.69, 9.17) is 5.73 Å². The van der Waals surface area contributed by atoms with Gasteiger partial charge in [-0.15, -0.1) is 0 Å². The van der Waals surface area contributed by atoms with Crippen LogP contribution in [0.15, 0.2) is 30.3 Å². The summed E-state index contributed by atoms with van der Waals surface area (Å²) in [6.45, 7) is 7.59. The van der Waals surface area contributed by atoms with Crippen LogP contribution >= 0.6 is 0 Å². The fourth-order valence-electron chi connectivity index (χ4n) is 4.34. The summed E-state index contributed by atoms with van der Waals surface area (Å²) < 4.78 is 1.74. The zero-order valence-electron chi connectivity index (χ0n) is 17.1. The SMILES string of the molecule is CC1CCC(C(C)C)C(C(=O)Nc2cc(-c3cccc(O)c3)nn2CCN)C1. The van der Waals surface area contributed by atoms with E-state index >= 15 is 0 Å². The topological polar surface area (TPSA) is 93.2 Å². The molecule has 28 heavy (non-hydrogen) atoms. The highest BCUT2D eigenvalue weighted by molar-refractivity contribution is 5.92. The summed E-state index contributed by atoms with van der Waals surface area (Å²) in [5, 5.41) is 17.5. The fraction of sp³-hybridized carbons (Fsp3) is 0.545. The lowest BCUT2D eigenvalue weighted by molar-refractivity contribution is -0.124. The van der Waals surface area contributed by atoms with Gasteiger partial charge in [0.15, 0.2) is 0 Å². The molecule has 0 spiro atoms. The third-order valence-corrected chi connectivity index (χ3v) is 5.87. The molecular weight excluding hydrogens is 352 g/mol. The summed E-state index contributed by atoms with van der Waals surface area (Å²) in [5.41, 5.74) is 7.25. The summed E-state index contributed by atoms with van der Waals surface area (Å²) in [6.07, 6.45) is 3.23. The first-order valence-corrected chi connectivity index (χ1v) is 10.3. The smallest absolute Gasteiger partial charge is 0.228 e. The quantitative estimate of drug-likeness (QED) is 0.705. The Morgan fingerprint density at radius 3 is 2.82 bits per heavy atom. The van der Waals surface area contributed by atoms with E-state index in [-0.39, 0.29) is 17.6 Å². The normalized spacial score (nSPS) is 22.4. The number of amides is 1. The summed E-state index contributed by atoms with van der Waals surface area (Å²) in [4.78, 5) is 13.2. The monoisotopic (exact) mass is 384 g/mol. The Morgan fingerprint density at radius 1 is 1.36 bits per heavy atom. The summed E-state index contributed by atoms with van der Waals surface area (Å²) >= 11 is 0. The maximum Gasteiger partial charge on any atom is 0.228 e. The molecule has 0 aliphatic heterocycles. The molecule has 0 radical (unpaired) electrons. The summed E-state index contributed by atoms with van der Waals surface area (Å²) in [6, 6.07) is 8.82. The molecule has 1 aliphatic rings. The molecule has 1 heterocycles. The lowest BCUT2D eigenvalue weighted by Crippen LogP contribution is -2.37. The first-order valence-electron chi connectivity index (χ1n) is 10.3. The number of carbonyl (C=O) groups excluding carboxylic acids is 1. The number of rotatable bonds is 6. The van der Waals surface area contributed by atoms with Crippen LogP contribution in [0.2, 0.25) is 0 Å². The van der Waals surface area contributed by atoms with E-state index in [1.54, 1.807) is 22.9 Å². The molecule has 1 saturated carbocycles. The van der Waals surface area contributed by atoms with Crippen molar-refractivity contribution in [3.63, 3.8) is 0 Å². The van der Waals surface area contributed by atoms with Gasteiger partial charge in [-0.05, 0) is 42.7 Å². The molecule has 1 aromatic carbocycles. The van der Waals surface area contributed by atoms with Crippen molar-refractivity contribution < 1.29 is 9.90 Å². The largest absolute Gasteiger partial charge is 0.508 e. The number of benzene rings is 1. The van der Waals surface area contributed by atoms with Crippen molar-refractivity contribution in [2.45, 2.75) is 46.6 Å². The van der Waals surface area contributed by atoms with Crippen LogP contribution < -0.4 is 11.1 Å². The molecule has 6 heteroatoms. The first kappa shape index (κ1) is 20.4. The predicted octanol–water partition coefficient (Wildman–Crippen LogP) is 3.86. The minimum atomic E-state index is 0.0224. The number of aromatic nitrogens is 2. The van der Waals surface area contributed by atoms with Crippen LogP contribution in [0, 0.1) is 23.7 Å². The molecule has 3 atom stereocenters. The molecule has 0 bridgehead atoms. The Labute approximate surface area is 167 Å². The molecule has 1 amide bonds. The number of phenolic OH excluding ortho intramolecular Hbond substituents is 1. The van der Waals surface area contributed by atoms with Gasteiger partial charge in [-0.25, -0.2) is 4.68 Å². The maximum absolute atomic E-state index is 13.2. The average molecular weight is 385 g/mol. The van der Waals surface area contributed by atoms with Gasteiger partial charge in [0, 0.05) is 24.1 Å². The predicted molar refractivity (Wildman–Crippen MR) is 112 cm³/mol. The van der Waals surface area contributed by atoms with Gasteiger partial charge in [0.1, 0.15) is 11.6 Å². The van der Waals surface area contributed by atoms with Crippen LogP contribution in [0.4, 0.5) is 5.82 Å². The second kappa shape index (κ2) is 8.78.